The molecule has 1 N–H and O–H groups in total. The number of carbonyl (C=O) groups excluding carboxylic acids is 1. The minimum absolute atomic E-state index is 0.0280. The van der Waals surface area contributed by atoms with E-state index >= 15 is 0 Å². The van der Waals surface area contributed by atoms with E-state index in [9.17, 15) is 18.8 Å². The summed E-state index contributed by atoms with van der Waals surface area (Å²) >= 11 is 0.432. The van der Waals surface area contributed by atoms with Crippen molar-refractivity contribution >= 4 is 29.4 Å². The summed E-state index contributed by atoms with van der Waals surface area (Å²) in [5.74, 6) is -3.04. The topological polar surface area (TPSA) is 52.9 Å². The van der Waals surface area contributed by atoms with Crippen molar-refractivity contribution in [1.82, 2.24) is 0 Å². The number of carbonyl (C=O) groups is 1. The summed E-state index contributed by atoms with van der Waals surface area (Å²) in [6, 6.07) is 13.7. The van der Waals surface area contributed by atoms with Crippen molar-refractivity contribution in [2.75, 3.05) is 5.32 Å². The molecule has 25 heavy (non-hydrogen) atoms. The van der Waals surface area contributed by atoms with E-state index in [0.29, 0.717) is 22.3 Å². The van der Waals surface area contributed by atoms with E-state index in [4.69, 9.17) is 0 Å². The first-order chi connectivity index (χ1) is 11.9. The zero-order valence-corrected chi connectivity index (χ0v) is 14.5. The number of anilines is 1. The molecule has 0 heterocycles. The molecule has 0 aromatic heterocycles. The number of nitrogens with one attached hydrogen (secondary N) is 1. The highest BCUT2D eigenvalue weighted by molar-refractivity contribution is 7.99. The van der Waals surface area contributed by atoms with E-state index in [1.807, 2.05) is 38.1 Å². The van der Waals surface area contributed by atoms with Crippen LogP contribution in [0, 0.1) is 25.2 Å². The SMILES string of the molecule is Cc1ccc(C)c(C=C(C#N)C(=O)Nc2ccc(SC(F)F)cc2)c1. The lowest BCUT2D eigenvalue weighted by atomic mass is 10.0. The highest BCUT2D eigenvalue weighted by Crippen LogP contribution is 2.26. The molecular weight excluding hydrogens is 342 g/mol. The third-order valence-electron chi connectivity index (χ3n) is 3.44. The molecule has 2 aromatic rings. The van der Waals surface area contributed by atoms with Crippen LogP contribution in [0.25, 0.3) is 6.08 Å². The fourth-order valence-corrected chi connectivity index (χ4v) is 2.64. The first-order valence-electron chi connectivity index (χ1n) is 7.44. The zero-order chi connectivity index (χ0) is 18.4. The van der Waals surface area contributed by atoms with Crippen molar-refractivity contribution in [2.45, 2.75) is 24.5 Å². The van der Waals surface area contributed by atoms with E-state index in [1.165, 1.54) is 24.3 Å². The Bertz CT molecular complexity index is 839. The van der Waals surface area contributed by atoms with Crippen molar-refractivity contribution in [3.63, 3.8) is 0 Å². The summed E-state index contributed by atoms with van der Waals surface area (Å²) in [6.07, 6.45) is 1.54. The van der Waals surface area contributed by atoms with Gasteiger partial charge in [0.05, 0.1) is 0 Å². The minimum atomic E-state index is -2.49. The summed E-state index contributed by atoms with van der Waals surface area (Å²) in [6.45, 7) is 3.83. The van der Waals surface area contributed by atoms with Gasteiger partial charge in [0, 0.05) is 10.6 Å². The lowest BCUT2D eigenvalue weighted by Gasteiger charge is -2.07. The maximum atomic E-state index is 12.3. The molecule has 6 heteroatoms. The van der Waals surface area contributed by atoms with Gasteiger partial charge in [0.15, 0.2) is 0 Å². The molecule has 0 saturated carbocycles. The number of hydrogen-bond acceptors (Lipinski definition) is 3. The van der Waals surface area contributed by atoms with E-state index in [2.05, 4.69) is 5.32 Å². The molecule has 0 aliphatic carbocycles. The van der Waals surface area contributed by atoms with E-state index < -0.39 is 11.7 Å². The Morgan fingerprint density at radius 3 is 2.48 bits per heavy atom. The van der Waals surface area contributed by atoms with Gasteiger partial charge >= 0.3 is 0 Å². The quantitative estimate of drug-likeness (QED) is 0.456. The number of amides is 1. The largest absolute Gasteiger partial charge is 0.321 e. The van der Waals surface area contributed by atoms with Crippen LogP contribution >= 0.6 is 11.8 Å². The number of benzene rings is 2. The first-order valence-corrected chi connectivity index (χ1v) is 8.32. The molecule has 0 aliphatic rings. The number of aryl methyl sites for hydroxylation is 2. The van der Waals surface area contributed by atoms with Gasteiger partial charge in [-0.3, -0.25) is 4.79 Å². The van der Waals surface area contributed by atoms with Crippen LogP contribution in [-0.2, 0) is 4.79 Å². The second-order valence-corrected chi connectivity index (χ2v) is 6.45. The number of thioether (sulfide) groups is 1. The van der Waals surface area contributed by atoms with Crippen LogP contribution in [0.15, 0.2) is 52.9 Å². The number of halogens is 2. The molecule has 0 fully saturated rings. The first kappa shape index (κ1) is 18.7. The Morgan fingerprint density at radius 2 is 1.88 bits per heavy atom. The van der Waals surface area contributed by atoms with Gasteiger partial charge in [0.25, 0.3) is 11.7 Å². The predicted octanol–water partition coefficient (Wildman–Crippen LogP) is 5.16. The van der Waals surface area contributed by atoms with Gasteiger partial charge in [0.2, 0.25) is 0 Å². The molecular formula is C19H16F2N2OS. The summed E-state index contributed by atoms with van der Waals surface area (Å²) in [4.78, 5) is 12.7. The molecule has 0 radical (unpaired) electrons. The lowest BCUT2D eigenvalue weighted by molar-refractivity contribution is -0.112. The van der Waals surface area contributed by atoms with Gasteiger partial charge in [-0.15, -0.1) is 0 Å². The Hall–Kier alpha value is -2.65. The summed E-state index contributed by atoms with van der Waals surface area (Å²) in [5.41, 5.74) is 3.20. The second kappa shape index (κ2) is 8.45. The van der Waals surface area contributed by atoms with Crippen molar-refractivity contribution in [1.29, 1.82) is 5.26 Å². The summed E-state index contributed by atoms with van der Waals surface area (Å²) in [5, 5.41) is 11.9. The summed E-state index contributed by atoms with van der Waals surface area (Å²) in [7, 11) is 0. The Balaban J connectivity index is 2.16. The van der Waals surface area contributed by atoms with E-state index in [1.54, 1.807) is 6.08 Å². The molecule has 2 aromatic carbocycles. The predicted molar refractivity (Wildman–Crippen MR) is 96.4 cm³/mol. The highest BCUT2D eigenvalue weighted by atomic mass is 32.2. The number of nitrogens with zero attached hydrogens (tertiary/aromatic N) is 1. The molecule has 2 rings (SSSR count). The Labute approximate surface area is 149 Å². The third-order valence-corrected chi connectivity index (χ3v) is 4.16. The molecule has 0 saturated heterocycles. The molecule has 0 atom stereocenters. The molecule has 0 bridgehead atoms. The molecule has 0 unspecified atom stereocenters. The standard InChI is InChI=1S/C19H16F2N2OS/c1-12-3-4-13(2)14(9-12)10-15(11-22)18(24)23-16-5-7-17(8-6-16)25-19(20)21/h3-10,19H,1-2H3,(H,23,24). The van der Waals surface area contributed by atoms with Crippen LogP contribution in [0.1, 0.15) is 16.7 Å². The van der Waals surface area contributed by atoms with E-state index in [-0.39, 0.29) is 5.57 Å². The Kier molecular flexibility index (Phi) is 6.31. The van der Waals surface area contributed by atoms with Crippen LogP contribution in [0.2, 0.25) is 0 Å². The number of rotatable bonds is 5. The number of nitriles is 1. The molecule has 3 nitrogen and oxygen atoms in total. The number of alkyl halides is 2. The van der Waals surface area contributed by atoms with Crippen molar-refractivity contribution in [2.24, 2.45) is 0 Å². The maximum absolute atomic E-state index is 12.3. The van der Waals surface area contributed by atoms with Gasteiger partial charge in [-0.1, -0.05) is 35.5 Å². The molecule has 128 valence electrons. The van der Waals surface area contributed by atoms with Crippen LogP contribution in [0.5, 0.6) is 0 Å². The van der Waals surface area contributed by atoms with Crippen LogP contribution in [0.3, 0.4) is 0 Å². The monoisotopic (exact) mass is 358 g/mol. The maximum Gasteiger partial charge on any atom is 0.288 e. The Morgan fingerprint density at radius 1 is 1.20 bits per heavy atom. The smallest absolute Gasteiger partial charge is 0.288 e. The third kappa shape index (κ3) is 5.44. The van der Waals surface area contributed by atoms with Crippen LogP contribution < -0.4 is 5.32 Å². The zero-order valence-electron chi connectivity index (χ0n) is 13.7. The van der Waals surface area contributed by atoms with Crippen LogP contribution in [0.4, 0.5) is 14.5 Å². The minimum Gasteiger partial charge on any atom is -0.321 e. The molecule has 0 aliphatic heterocycles. The van der Waals surface area contributed by atoms with Gasteiger partial charge in [-0.25, -0.2) is 0 Å². The van der Waals surface area contributed by atoms with Crippen molar-refractivity contribution in [3.8, 4) is 6.07 Å². The van der Waals surface area contributed by atoms with Gasteiger partial charge < -0.3 is 5.32 Å². The van der Waals surface area contributed by atoms with E-state index in [0.717, 1.165) is 16.7 Å². The van der Waals surface area contributed by atoms with Crippen molar-refractivity contribution in [3.05, 3.63) is 64.7 Å². The average Bonchev–Trinajstić information content (AvgIpc) is 2.56. The van der Waals surface area contributed by atoms with Gasteiger partial charge in [0.1, 0.15) is 11.6 Å². The average molecular weight is 358 g/mol. The normalized spacial score (nSPS) is 11.3. The number of hydrogen-bond donors (Lipinski definition) is 1. The molecule has 0 spiro atoms. The van der Waals surface area contributed by atoms with Crippen LogP contribution in [-0.4, -0.2) is 11.7 Å². The highest BCUT2D eigenvalue weighted by Gasteiger charge is 2.11. The fraction of sp³-hybridized carbons (Fsp3) is 0.158. The lowest BCUT2D eigenvalue weighted by Crippen LogP contribution is -2.13. The fourth-order valence-electron chi connectivity index (χ4n) is 2.14. The van der Waals surface area contributed by atoms with Gasteiger partial charge in [-0.2, -0.15) is 14.0 Å². The van der Waals surface area contributed by atoms with Crippen molar-refractivity contribution < 1.29 is 13.6 Å². The molecule has 1 amide bonds. The second-order valence-electron chi connectivity index (χ2n) is 5.39. The summed E-state index contributed by atoms with van der Waals surface area (Å²) < 4.78 is 24.6. The van der Waals surface area contributed by atoms with Gasteiger partial charge in [-0.05, 0) is 55.3 Å².